The van der Waals surface area contributed by atoms with Crippen LogP contribution in [0, 0.1) is 0 Å². The number of carbonyl (C=O) groups excluding carboxylic acids is 1. The van der Waals surface area contributed by atoms with Crippen LogP contribution >= 0.6 is 15.9 Å². The fraction of sp³-hybridized carbons (Fsp3) is 0.333. The number of nitrogens with one attached hydrogen (secondary N) is 1. The van der Waals surface area contributed by atoms with Gasteiger partial charge < -0.3 is 9.84 Å². The van der Waals surface area contributed by atoms with Gasteiger partial charge in [-0.25, -0.2) is 17.9 Å². The Labute approximate surface area is 130 Å². The van der Waals surface area contributed by atoms with Gasteiger partial charge in [-0.15, -0.1) is 0 Å². The summed E-state index contributed by atoms with van der Waals surface area (Å²) < 4.78 is 31.4. The molecule has 0 radical (unpaired) electrons. The maximum Gasteiger partial charge on any atom is 0.337 e. The molecule has 0 aliphatic carbocycles. The summed E-state index contributed by atoms with van der Waals surface area (Å²) in [6.45, 7) is -0.00525. The second kappa shape index (κ2) is 7.53. The van der Waals surface area contributed by atoms with E-state index in [1.807, 2.05) is 0 Å². The van der Waals surface area contributed by atoms with Gasteiger partial charge in [-0.05, 0) is 24.6 Å². The zero-order valence-corrected chi connectivity index (χ0v) is 13.5. The first-order valence-electron chi connectivity index (χ1n) is 5.86. The number of halogens is 1. The molecule has 0 saturated carbocycles. The lowest BCUT2D eigenvalue weighted by molar-refractivity contribution is -0.137. The highest BCUT2D eigenvalue weighted by molar-refractivity contribution is 9.10. The van der Waals surface area contributed by atoms with Crippen LogP contribution in [0.5, 0.6) is 0 Å². The molecule has 1 rings (SSSR count). The highest BCUT2D eigenvalue weighted by atomic mass is 79.9. The predicted molar refractivity (Wildman–Crippen MR) is 77.5 cm³/mol. The molecule has 1 aromatic carbocycles. The van der Waals surface area contributed by atoms with Crippen molar-refractivity contribution in [2.24, 2.45) is 0 Å². The molecule has 0 unspecified atom stereocenters. The number of benzene rings is 1. The second-order valence-electron chi connectivity index (χ2n) is 4.06. The van der Waals surface area contributed by atoms with Crippen LogP contribution < -0.4 is 4.72 Å². The van der Waals surface area contributed by atoms with E-state index in [2.05, 4.69) is 25.4 Å². The van der Waals surface area contributed by atoms with Crippen molar-refractivity contribution in [1.82, 2.24) is 4.72 Å². The van der Waals surface area contributed by atoms with Gasteiger partial charge in [0.05, 0.1) is 17.6 Å². The smallest absolute Gasteiger partial charge is 0.337 e. The van der Waals surface area contributed by atoms with E-state index in [-0.39, 0.29) is 29.8 Å². The Morgan fingerprint density at radius 1 is 1.33 bits per heavy atom. The van der Waals surface area contributed by atoms with Gasteiger partial charge in [-0.3, -0.25) is 4.79 Å². The maximum absolute atomic E-state index is 12.1. The van der Waals surface area contributed by atoms with Crippen LogP contribution in [-0.2, 0) is 19.6 Å². The number of sulfonamides is 1. The third-order valence-electron chi connectivity index (χ3n) is 2.46. The summed E-state index contributed by atoms with van der Waals surface area (Å²) in [5.41, 5.74) is 0.0952. The van der Waals surface area contributed by atoms with Crippen LogP contribution in [0.2, 0.25) is 0 Å². The van der Waals surface area contributed by atoms with E-state index in [9.17, 15) is 18.0 Å². The van der Waals surface area contributed by atoms with E-state index < -0.39 is 22.0 Å². The standard InChI is InChI=1S/C12H14BrNO6S/c1-20-12(17)8-5-9(13)7-10(6-8)21(18,19)14-4-2-3-11(15)16/h5-7,14H,2-4H2,1H3,(H,15,16). The van der Waals surface area contributed by atoms with Gasteiger partial charge in [0.25, 0.3) is 0 Å². The average Bonchev–Trinajstić information content (AvgIpc) is 2.42. The Morgan fingerprint density at radius 2 is 2.00 bits per heavy atom. The van der Waals surface area contributed by atoms with E-state index in [0.717, 1.165) is 0 Å². The molecule has 0 aliphatic heterocycles. The van der Waals surface area contributed by atoms with Crippen LogP contribution in [0.3, 0.4) is 0 Å². The van der Waals surface area contributed by atoms with Gasteiger partial charge in [0, 0.05) is 17.4 Å². The second-order valence-corrected chi connectivity index (χ2v) is 6.74. The minimum Gasteiger partial charge on any atom is -0.481 e. The normalized spacial score (nSPS) is 11.1. The molecule has 0 saturated heterocycles. The van der Waals surface area contributed by atoms with Crippen molar-refractivity contribution >= 4 is 37.9 Å². The summed E-state index contributed by atoms with van der Waals surface area (Å²) in [7, 11) is -2.63. The fourth-order valence-electron chi connectivity index (χ4n) is 1.48. The van der Waals surface area contributed by atoms with Gasteiger partial charge in [0.15, 0.2) is 0 Å². The molecule has 0 aliphatic rings. The molecule has 0 spiro atoms. The Hall–Kier alpha value is -1.45. The van der Waals surface area contributed by atoms with Crippen molar-refractivity contribution in [1.29, 1.82) is 0 Å². The topological polar surface area (TPSA) is 110 Å². The van der Waals surface area contributed by atoms with Crippen LogP contribution in [-0.4, -0.2) is 39.1 Å². The van der Waals surface area contributed by atoms with Gasteiger partial charge in [0.2, 0.25) is 10.0 Å². The van der Waals surface area contributed by atoms with Gasteiger partial charge >= 0.3 is 11.9 Å². The summed E-state index contributed by atoms with van der Waals surface area (Å²) in [6.07, 6.45) is 0.0425. The first kappa shape index (κ1) is 17.6. The van der Waals surface area contributed by atoms with E-state index >= 15 is 0 Å². The lowest BCUT2D eigenvalue weighted by atomic mass is 10.2. The summed E-state index contributed by atoms with van der Waals surface area (Å²) >= 11 is 3.13. The Morgan fingerprint density at radius 3 is 2.57 bits per heavy atom. The van der Waals surface area contributed by atoms with Crippen molar-refractivity contribution in [2.75, 3.05) is 13.7 Å². The van der Waals surface area contributed by atoms with Gasteiger partial charge in [-0.1, -0.05) is 15.9 Å². The number of hydrogen-bond acceptors (Lipinski definition) is 5. The Kier molecular flexibility index (Phi) is 6.31. The number of carbonyl (C=O) groups is 2. The lowest BCUT2D eigenvalue weighted by Gasteiger charge is -2.08. The van der Waals surface area contributed by atoms with Crippen molar-refractivity contribution in [3.05, 3.63) is 28.2 Å². The van der Waals surface area contributed by atoms with Crippen LogP contribution in [0.25, 0.3) is 0 Å². The number of hydrogen-bond donors (Lipinski definition) is 2. The van der Waals surface area contributed by atoms with E-state index in [1.54, 1.807) is 0 Å². The van der Waals surface area contributed by atoms with E-state index in [0.29, 0.717) is 4.47 Å². The van der Waals surface area contributed by atoms with Crippen molar-refractivity contribution in [3.63, 3.8) is 0 Å². The predicted octanol–water partition coefficient (Wildman–Crippen LogP) is 1.38. The Bertz CT molecular complexity index is 643. The fourth-order valence-corrected chi connectivity index (χ4v) is 3.27. The molecule has 0 aromatic heterocycles. The molecule has 2 N–H and O–H groups in total. The van der Waals surface area contributed by atoms with Gasteiger partial charge in [-0.2, -0.15) is 0 Å². The van der Waals surface area contributed by atoms with Crippen LogP contribution in [0.4, 0.5) is 0 Å². The zero-order chi connectivity index (χ0) is 16.0. The number of methoxy groups -OCH3 is 1. The molecule has 116 valence electrons. The molecule has 0 heterocycles. The van der Waals surface area contributed by atoms with E-state index in [1.165, 1.54) is 25.3 Å². The van der Waals surface area contributed by atoms with Crippen LogP contribution in [0.15, 0.2) is 27.6 Å². The number of esters is 1. The highest BCUT2D eigenvalue weighted by Crippen LogP contribution is 2.20. The first-order valence-corrected chi connectivity index (χ1v) is 8.14. The molecule has 0 amide bonds. The maximum atomic E-state index is 12.1. The van der Waals surface area contributed by atoms with Crippen molar-refractivity contribution in [2.45, 2.75) is 17.7 Å². The number of rotatable bonds is 7. The molecule has 0 bridgehead atoms. The molecule has 9 heteroatoms. The summed E-state index contributed by atoms with van der Waals surface area (Å²) in [5, 5.41) is 8.49. The molecule has 0 fully saturated rings. The van der Waals surface area contributed by atoms with Gasteiger partial charge in [0.1, 0.15) is 0 Å². The van der Waals surface area contributed by atoms with Crippen LogP contribution in [0.1, 0.15) is 23.2 Å². The largest absolute Gasteiger partial charge is 0.481 e. The molecular formula is C12H14BrNO6S. The Balaban J connectivity index is 2.90. The zero-order valence-electron chi connectivity index (χ0n) is 11.1. The molecule has 0 atom stereocenters. The number of aliphatic carboxylic acids is 1. The summed E-state index contributed by atoms with van der Waals surface area (Å²) in [6, 6.07) is 3.97. The number of carboxylic acids is 1. The summed E-state index contributed by atoms with van der Waals surface area (Å²) in [5.74, 6) is -1.65. The molecular weight excluding hydrogens is 366 g/mol. The van der Waals surface area contributed by atoms with E-state index in [4.69, 9.17) is 5.11 Å². The molecule has 21 heavy (non-hydrogen) atoms. The minimum atomic E-state index is -3.83. The molecule has 1 aromatic rings. The SMILES string of the molecule is COC(=O)c1cc(Br)cc(S(=O)(=O)NCCCC(=O)O)c1. The number of ether oxygens (including phenoxy) is 1. The number of carboxylic acid groups (broad SMARTS) is 1. The average molecular weight is 380 g/mol. The van der Waals surface area contributed by atoms with Crippen molar-refractivity contribution < 1.29 is 27.9 Å². The van der Waals surface area contributed by atoms with Crippen molar-refractivity contribution in [3.8, 4) is 0 Å². The summed E-state index contributed by atoms with van der Waals surface area (Å²) in [4.78, 5) is 21.7. The highest BCUT2D eigenvalue weighted by Gasteiger charge is 2.17. The first-order chi connectivity index (χ1) is 9.76. The lowest BCUT2D eigenvalue weighted by Crippen LogP contribution is -2.25. The third-order valence-corrected chi connectivity index (χ3v) is 4.36. The monoisotopic (exact) mass is 379 g/mol. The molecule has 7 nitrogen and oxygen atoms in total. The third kappa shape index (κ3) is 5.44. The quantitative estimate of drug-likeness (QED) is 0.546. The minimum absolute atomic E-state index is 0.00525.